The minimum atomic E-state index is -0.0920. The fraction of sp³-hybridized carbons (Fsp3) is 0.360. The van der Waals surface area contributed by atoms with Crippen LogP contribution in [0.2, 0.25) is 0 Å². The van der Waals surface area contributed by atoms with E-state index >= 15 is 0 Å². The van der Waals surface area contributed by atoms with E-state index in [1.165, 1.54) is 0 Å². The number of piperidine rings is 1. The molecule has 2 aromatic heterocycles. The largest absolute Gasteiger partial charge is 0.343 e. The quantitative estimate of drug-likeness (QED) is 0.511. The highest BCUT2D eigenvalue weighted by Crippen LogP contribution is 2.25. The second kappa shape index (κ2) is 8.69. The molecule has 2 aromatic carbocycles. The lowest BCUT2D eigenvalue weighted by Gasteiger charge is -2.32. The highest BCUT2D eigenvalue weighted by atomic mass is 16.2. The number of nitrogens with zero attached hydrogens (tertiary/aromatic N) is 4. The summed E-state index contributed by atoms with van der Waals surface area (Å²) < 4.78 is 3.42. The van der Waals surface area contributed by atoms with Crippen molar-refractivity contribution >= 4 is 27.8 Å². The van der Waals surface area contributed by atoms with Gasteiger partial charge in [-0.15, -0.1) is 0 Å². The van der Waals surface area contributed by atoms with Gasteiger partial charge >= 0.3 is 5.69 Å². The van der Waals surface area contributed by atoms with Gasteiger partial charge in [0.05, 0.1) is 28.3 Å². The lowest BCUT2D eigenvalue weighted by molar-refractivity contribution is -0.132. The zero-order chi connectivity index (χ0) is 22.9. The van der Waals surface area contributed by atoms with Crippen LogP contribution in [0.1, 0.15) is 37.3 Å². The monoisotopic (exact) mass is 445 g/mol. The van der Waals surface area contributed by atoms with Gasteiger partial charge in [0.15, 0.2) is 0 Å². The zero-order valence-electron chi connectivity index (χ0n) is 18.7. The van der Waals surface area contributed by atoms with Gasteiger partial charge in [-0.05, 0) is 49.9 Å². The molecule has 1 saturated heterocycles. The van der Waals surface area contributed by atoms with Gasteiger partial charge in [-0.3, -0.25) is 18.7 Å². The normalized spacial score (nSPS) is 14.9. The van der Waals surface area contributed by atoms with Gasteiger partial charge in [0, 0.05) is 32.1 Å². The Bertz CT molecular complexity index is 1440. The van der Waals surface area contributed by atoms with Crippen molar-refractivity contribution in [3.8, 4) is 0 Å². The van der Waals surface area contributed by atoms with Crippen molar-refractivity contribution < 1.29 is 4.79 Å². The predicted octanol–water partition coefficient (Wildman–Crippen LogP) is 2.99. The summed E-state index contributed by atoms with van der Waals surface area (Å²) in [5.74, 6) is 0.0948. The lowest BCUT2D eigenvalue weighted by Crippen LogP contribution is -2.40. The van der Waals surface area contributed by atoms with Crippen LogP contribution in [0, 0.1) is 6.92 Å². The van der Waals surface area contributed by atoms with Gasteiger partial charge in [-0.1, -0.05) is 24.3 Å². The van der Waals surface area contributed by atoms with E-state index in [1.54, 1.807) is 17.0 Å². The Morgan fingerprint density at radius 3 is 2.70 bits per heavy atom. The van der Waals surface area contributed by atoms with Crippen LogP contribution in [0.25, 0.3) is 21.9 Å². The third-order valence-electron chi connectivity index (χ3n) is 6.65. The number of para-hydroxylation sites is 3. The topological polar surface area (TPSA) is 93.0 Å². The number of likely N-dealkylation sites (tertiary alicyclic amines) is 1. The molecule has 8 heteroatoms. The first-order valence-electron chi connectivity index (χ1n) is 11.4. The van der Waals surface area contributed by atoms with Gasteiger partial charge in [0.2, 0.25) is 5.91 Å². The number of aromatic nitrogens is 4. The van der Waals surface area contributed by atoms with Crippen LogP contribution in [-0.2, 0) is 11.3 Å². The number of H-pyrrole nitrogens is 1. The summed E-state index contributed by atoms with van der Waals surface area (Å²) >= 11 is 0. The van der Waals surface area contributed by atoms with Crippen molar-refractivity contribution in [1.29, 1.82) is 0 Å². The number of hydrogen-bond acceptors (Lipinski definition) is 4. The van der Waals surface area contributed by atoms with Crippen LogP contribution in [0.5, 0.6) is 0 Å². The average Bonchev–Trinajstić information content (AvgIpc) is 3.16. The van der Waals surface area contributed by atoms with E-state index in [-0.39, 0.29) is 23.2 Å². The Balaban J connectivity index is 1.18. The molecule has 0 radical (unpaired) electrons. The summed E-state index contributed by atoms with van der Waals surface area (Å²) in [5.41, 5.74) is 3.30. The molecule has 3 heterocycles. The number of amides is 1. The van der Waals surface area contributed by atoms with E-state index in [4.69, 9.17) is 0 Å². The number of aromatic amines is 1. The first kappa shape index (κ1) is 21.2. The second-order valence-corrected chi connectivity index (χ2v) is 8.75. The van der Waals surface area contributed by atoms with Crippen LogP contribution in [0.15, 0.2) is 58.4 Å². The van der Waals surface area contributed by atoms with Crippen molar-refractivity contribution in [3.63, 3.8) is 0 Å². The van der Waals surface area contributed by atoms with Crippen LogP contribution in [0.3, 0.4) is 0 Å². The number of carbonyl (C=O) groups is 1. The number of nitrogens with one attached hydrogen (secondary N) is 1. The number of carbonyl (C=O) groups excluding carboxylic acids is 1. The Morgan fingerprint density at radius 1 is 1.09 bits per heavy atom. The Labute approximate surface area is 190 Å². The number of benzene rings is 2. The number of hydrogen-bond donors (Lipinski definition) is 1. The summed E-state index contributed by atoms with van der Waals surface area (Å²) in [5, 5.41) is 0.610. The number of fused-ring (bicyclic) bond motifs is 2. The van der Waals surface area contributed by atoms with E-state index in [0.717, 1.165) is 35.0 Å². The minimum absolute atomic E-state index is 0.0684. The fourth-order valence-corrected chi connectivity index (χ4v) is 4.87. The van der Waals surface area contributed by atoms with E-state index in [9.17, 15) is 14.4 Å². The Kier molecular flexibility index (Phi) is 5.58. The second-order valence-electron chi connectivity index (χ2n) is 8.75. The molecule has 0 atom stereocenters. The molecule has 1 aliphatic rings. The number of aryl methyl sites for hydroxylation is 2. The molecule has 0 unspecified atom stereocenters. The molecule has 1 aliphatic heterocycles. The van der Waals surface area contributed by atoms with Gasteiger partial charge in [0.25, 0.3) is 5.56 Å². The molecule has 0 bridgehead atoms. The van der Waals surface area contributed by atoms with Gasteiger partial charge in [0.1, 0.15) is 0 Å². The van der Waals surface area contributed by atoms with Crippen molar-refractivity contribution in [1.82, 2.24) is 24.0 Å². The molecule has 170 valence electrons. The molecule has 0 aliphatic carbocycles. The summed E-state index contributed by atoms with van der Waals surface area (Å²) in [4.78, 5) is 47.1. The first-order valence-corrected chi connectivity index (χ1v) is 11.4. The zero-order valence-corrected chi connectivity index (χ0v) is 18.7. The molecule has 8 nitrogen and oxygen atoms in total. The van der Waals surface area contributed by atoms with E-state index in [2.05, 4.69) is 9.97 Å². The maximum atomic E-state index is 12.8. The van der Waals surface area contributed by atoms with Crippen LogP contribution < -0.4 is 11.2 Å². The van der Waals surface area contributed by atoms with Crippen molar-refractivity contribution in [2.45, 2.75) is 45.2 Å². The van der Waals surface area contributed by atoms with Gasteiger partial charge in [-0.2, -0.15) is 0 Å². The molecule has 5 rings (SSSR count). The molecule has 0 spiro atoms. The Morgan fingerprint density at radius 2 is 1.88 bits per heavy atom. The maximum absolute atomic E-state index is 12.8. The maximum Gasteiger partial charge on any atom is 0.326 e. The molecule has 1 amide bonds. The predicted molar refractivity (Wildman–Crippen MR) is 127 cm³/mol. The summed E-state index contributed by atoms with van der Waals surface area (Å²) in [6, 6.07) is 13.4. The smallest absolute Gasteiger partial charge is 0.326 e. The fourth-order valence-electron chi connectivity index (χ4n) is 4.87. The molecule has 1 fully saturated rings. The van der Waals surface area contributed by atoms with E-state index < -0.39 is 0 Å². The molecular weight excluding hydrogens is 418 g/mol. The summed E-state index contributed by atoms with van der Waals surface area (Å²) in [7, 11) is 0. The SMILES string of the molecule is Cc1cccc2c(=O)n(CCCC(=O)N3CCC(n4c(=O)[nH]c5ccccc54)CC3)cnc12. The summed E-state index contributed by atoms with van der Waals surface area (Å²) in [6.07, 6.45) is 4.05. The van der Waals surface area contributed by atoms with Crippen molar-refractivity contribution in [3.05, 3.63) is 75.2 Å². The standard InChI is InChI=1S/C25H27N5O3/c1-17-6-4-7-19-23(17)26-16-29(24(19)32)13-5-10-22(31)28-14-11-18(12-15-28)30-21-9-3-2-8-20(21)27-25(30)33/h2-4,6-9,16,18H,5,10-15H2,1H3,(H,27,33). The molecule has 4 aromatic rings. The van der Waals surface area contributed by atoms with Gasteiger partial charge < -0.3 is 9.88 Å². The van der Waals surface area contributed by atoms with Crippen LogP contribution in [0.4, 0.5) is 0 Å². The number of rotatable bonds is 5. The minimum Gasteiger partial charge on any atom is -0.343 e. The summed E-state index contributed by atoms with van der Waals surface area (Å²) in [6.45, 7) is 3.66. The molecule has 33 heavy (non-hydrogen) atoms. The molecule has 1 N–H and O–H groups in total. The molecule has 0 saturated carbocycles. The van der Waals surface area contributed by atoms with Crippen LogP contribution in [-0.4, -0.2) is 43.0 Å². The van der Waals surface area contributed by atoms with Crippen molar-refractivity contribution in [2.75, 3.05) is 13.1 Å². The lowest BCUT2D eigenvalue weighted by atomic mass is 10.0. The highest BCUT2D eigenvalue weighted by molar-refractivity contribution is 5.80. The average molecular weight is 446 g/mol. The third-order valence-corrected chi connectivity index (χ3v) is 6.65. The van der Waals surface area contributed by atoms with Crippen molar-refractivity contribution in [2.24, 2.45) is 0 Å². The van der Waals surface area contributed by atoms with E-state index in [1.807, 2.05) is 52.8 Å². The van der Waals surface area contributed by atoms with Gasteiger partial charge in [-0.25, -0.2) is 9.78 Å². The first-order chi connectivity index (χ1) is 16.0. The number of imidazole rings is 1. The van der Waals surface area contributed by atoms with E-state index in [0.29, 0.717) is 37.9 Å². The molecular formula is C25H27N5O3. The highest BCUT2D eigenvalue weighted by Gasteiger charge is 2.25. The third kappa shape index (κ3) is 3.97. The van der Waals surface area contributed by atoms with Crippen LogP contribution >= 0.6 is 0 Å². The Hall–Kier alpha value is -3.68.